The van der Waals surface area contributed by atoms with Crippen LogP contribution in [-0.2, 0) is 14.4 Å². The summed E-state index contributed by atoms with van der Waals surface area (Å²) in [4.78, 5) is 15.8. The van der Waals surface area contributed by atoms with E-state index in [1.165, 1.54) is 7.11 Å². The minimum atomic E-state index is -0.0346. The second kappa shape index (κ2) is 4.42. The summed E-state index contributed by atoms with van der Waals surface area (Å²) >= 11 is 0. The van der Waals surface area contributed by atoms with Crippen LogP contribution in [0.2, 0.25) is 0 Å². The summed E-state index contributed by atoms with van der Waals surface area (Å²) in [5.41, 5.74) is 2.34. The Balaban J connectivity index is 2.35. The van der Waals surface area contributed by atoms with Crippen molar-refractivity contribution in [3.63, 3.8) is 0 Å². The van der Waals surface area contributed by atoms with Crippen LogP contribution in [0.25, 0.3) is 0 Å². The fourth-order valence-corrected chi connectivity index (χ4v) is 1.42. The quantitative estimate of drug-likeness (QED) is 0.618. The number of carbonyl (C=O) groups excluding carboxylic acids is 1. The summed E-state index contributed by atoms with van der Waals surface area (Å²) in [5, 5.41) is 0. The average Bonchev–Trinajstić information content (AvgIpc) is 2.05. The van der Waals surface area contributed by atoms with E-state index < -0.39 is 0 Å². The Morgan fingerprint density at radius 3 is 3.00 bits per heavy atom. The molecule has 0 radical (unpaired) electrons. The van der Waals surface area contributed by atoms with E-state index in [0.717, 1.165) is 12.8 Å². The molecule has 1 aliphatic rings. The normalized spacial score (nSPS) is 29.8. The molecule has 0 aromatic carbocycles. The van der Waals surface area contributed by atoms with Crippen LogP contribution >= 0.6 is 0 Å². The van der Waals surface area contributed by atoms with Crippen LogP contribution in [-0.4, -0.2) is 25.7 Å². The number of hydrogen-bond acceptors (Lipinski definition) is 3. The van der Waals surface area contributed by atoms with Crippen LogP contribution in [0.15, 0.2) is 0 Å². The van der Waals surface area contributed by atoms with Gasteiger partial charge in [0.2, 0.25) is 5.91 Å². The van der Waals surface area contributed by atoms with Gasteiger partial charge in [0, 0.05) is 12.5 Å². The van der Waals surface area contributed by atoms with Crippen LogP contribution < -0.4 is 5.48 Å². The smallest absolute Gasteiger partial charge is 0.246 e. The Kier molecular flexibility index (Phi) is 3.49. The van der Waals surface area contributed by atoms with Crippen molar-refractivity contribution in [2.24, 2.45) is 5.92 Å². The van der Waals surface area contributed by atoms with Gasteiger partial charge in [-0.25, -0.2) is 5.48 Å². The maximum absolute atomic E-state index is 11.3. The Hall–Kier alpha value is -0.610. The summed E-state index contributed by atoms with van der Waals surface area (Å²) in [6.07, 6.45) is 1.76. The molecule has 0 aliphatic carbocycles. The third-order valence-corrected chi connectivity index (χ3v) is 2.06. The van der Waals surface area contributed by atoms with Gasteiger partial charge < -0.3 is 4.74 Å². The van der Waals surface area contributed by atoms with Crippen molar-refractivity contribution in [2.45, 2.75) is 25.9 Å². The molecule has 1 aliphatic heterocycles. The molecule has 1 saturated heterocycles. The van der Waals surface area contributed by atoms with Gasteiger partial charge in [0.05, 0.1) is 13.2 Å². The fraction of sp³-hybridized carbons (Fsp3) is 0.875. The monoisotopic (exact) mass is 173 g/mol. The molecule has 0 aromatic heterocycles. The van der Waals surface area contributed by atoms with E-state index in [1.54, 1.807) is 0 Å². The second-order valence-electron chi connectivity index (χ2n) is 3.07. The number of ether oxygens (including phenoxy) is 1. The number of hydrogen-bond donors (Lipinski definition) is 1. The lowest BCUT2D eigenvalue weighted by atomic mass is 9.96. The maximum Gasteiger partial charge on any atom is 0.246 e. The first-order valence-electron chi connectivity index (χ1n) is 4.18. The molecule has 0 saturated carbocycles. The summed E-state index contributed by atoms with van der Waals surface area (Å²) in [6, 6.07) is 0. The predicted octanol–water partition coefficient (Wildman–Crippen LogP) is 0.479. The molecule has 1 fully saturated rings. The van der Waals surface area contributed by atoms with Gasteiger partial charge in [-0.05, 0) is 19.8 Å². The first-order valence-corrected chi connectivity index (χ1v) is 4.18. The van der Waals surface area contributed by atoms with Crippen molar-refractivity contribution in [2.75, 3.05) is 13.7 Å². The molecule has 1 heterocycles. The van der Waals surface area contributed by atoms with Gasteiger partial charge in [-0.15, -0.1) is 0 Å². The molecule has 1 N–H and O–H groups in total. The zero-order chi connectivity index (χ0) is 8.97. The molecule has 1 amide bonds. The van der Waals surface area contributed by atoms with Crippen molar-refractivity contribution in [3.8, 4) is 0 Å². The predicted molar refractivity (Wildman–Crippen MR) is 43.3 cm³/mol. The SMILES string of the molecule is CONC(=O)C1CCOC(C)C1. The first kappa shape index (κ1) is 9.48. The first-order chi connectivity index (χ1) is 5.74. The molecule has 2 atom stereocenters. The van der Waals surface area contributed by atoms with Gasteiger partial charge in [0.25, 0.3) is 0 Å². The zero-order valence-electron chi connectivity index (χ0n) is 7.50. The van der Waals surface area contributed by atoms with Crippen LogP contribution in [0.3, 0.4) is 0 Å². The van der Waals surface area contributed by atoms with Crippen LogP contribution in [0.1, 0.15) is 19.8 Å². The van der Waals surface area contributed by atoms with E-state index in [1.807, 2.05) is 6.92 Å². The number of carbonyl (C=O) groups is 1. The largest absolute Gasteiger partial charge is 0.378 e. The summed E-state index contributed by atoms with van der Waals surface area (Å²) in [6.45, 7) is 2.65. The molecule has 4 heteroatoms. The minimum absolute atomic E-state index is 0.0346. The van der Waals surface area contributed by atoms with Gasteiger partial charge in [0.15, 0.2) is 0 Å². The van der Waals surface area contributed by atoms with Gasteiger partial charge >= 0.3 is 0 Å². The summed E-state index contributed by atoms with van der Waals surface area (Å²) < 4.78 is 5.32. The highest BCUT2D eigenvalue weighted by molar-refractivity contribution is 5.77. The van der Waals surface area contributed by atoms with Gasteiger partial charge in [-0.3, -0.25) is 9.63 Å². The number of amides is 1. The molecule has 0 aromatic rings. The van der Waals surface area contributed by atoms with Crippen molar-refractivity contribution in [1.82, 2.24) is 5.48 Å². The fourth-order valence-electron chi connectivity index (χ4n) is 1.42. The van der Waals surface area contributed by atoms with Crippen molar-refractivity contribution in [3.05, 3.63) is 0 Å². The lowest BCUT2D eigenvalue weighted by Gasteiger charge is -2.25. The van der Waals surface area contributed by atoms with E-state index >= 15 is 0 Å². The molecular weight excluding hydrogens is 158 g/mol. The number of nitrogens with one attached hydrogen (secondary N) is 1. The van der Waals surface area contributed by atoms with Gasteiger partial charge in [-0.1, -0.05) is 0 Å². The van der Waals surface area contributed by atoms with E-state index in [9.17, 15) is 4.79 Å². The lowest BCUT2D eigenvalue weighted by Crippen LogP contribution is -2.35. The third-order valence-electron chi connectivity index (χ3n) is 2.06. The average molecular weight is 173 g/mol. The summed E-state index contributed by atoms with van der Waals surface area (Å²) in [7, 11) is 1.45. The number of hydroxylamine groups is 1. The second-order valence-corrected chi connectivity index (χ2v) is 3.07. The standard InChI is InChI=1S/C8H15NO3/c1-6-5-7(3-4-12-6)8(10)9-11-2/h6-7H,3-5H2,1-2H3,(H,9,10). The van der Waals surface area contributed by atoms with Crippen molar-refractivity contribution >= 4 is 5.91 Å². The van der Waals surface area contributed by atoms with Crippen LogP contribution in [0, 0.1) is 5.92 Å². The highest BCUT2D eigenvalue weighted by Crippen LogP contribution is 2.19. The molecule has 0 spiro atoms. The topological polar surface area (TPSA) is 47.6 Å². The van der Waals surface area contributed by atoms with Gasteiger partial charge in [0.1, 0.15) is 0 Å². The Morgan fingerprint density at radius 1 is 1.67 bits per heavy atom. The molecule has 1 rings (SSSR count). The molecular formula is C8H15NO3. The summed E-state index contributed by atoms with van der Waals surface area (Å²) in [5.74, 6) is 0.0151. The van der Waals surface area contributed by atoms with Gasteiger partial charge in [-0.2, -0.15) is 0 Å². The molecule has 2 unspecified atom stereocenters. The van der Waals surface area contributed by atoms with Crippen LogP contribution in [0.5, 0.6) is 0 Å². The molecule has 0 bridgehead atoms. The lowest BCUT2D eigenvalue weighted by molar-refractivity contribution is -0.140. The van der Waals surface area contributed by atoms with E-state index in [4.69, 9.17) is 4.74 Å². The Labute approximate surface area is 72.2 Å². The van der Waals surface area contributed by atoms with Crippen molar-refractivity contribution in [1.29, 1.82) is 0 Å². The van der Waals surface area contributed by atoms with E-state index in [2.05, 4.69) is 10.3 Å². The molecule has 4 nitrogen and oxygen atoms in total. The minimum Gasteiger partial charge on any atom is -0.378 e. The maximum atomic E-state index is 11.3. The Morgan fingerprint density at radius 2 is 2.42 bits per heavy atom. The third kappa shape index (κ3) is 2.46. The Bertz CT molecular complexity index is 160. The number of rotatable bonds is 2. The van der Waals surface area contributed by atoms with E-state index in [-0.39, 0.29) is 17.9 Å². The highest BCUT2D eigenvalue weighted by atomic mass is 16.6. The highest BCUT2D eigenvalue weighted by Gasteiger charge is 2.25. The molecule has 70 valence electrons. The van der Waals surface area contributed by atoms with Crippen molar-refractivity contribution < 1.29 is 14.4 Å². The zero-order valence-corrected chi connectivity index (χ0v) is 7.50. The van der Waals surface area contributed by atoms with E-state index in [0.29, 0.717) is 6.61 Å². The van der Waals surface area contributed by atoms with Crippen LogP contribution in [0.4, 0.5) is 0 Å². The molecule has 12 heavy (non-hydrogen) atoms.